The molecule has 8 nitrogen and oxygen atoms in total. The van der Waals surface area contributed by atoms with Crippen LogP contribution in [0.1, 0.15) is 39.2 Å². The fourth-order valence-corrected chi connectivity index (χ4v) is 3.32. The van der Waals surface area contributed by atoms with Crippen molar-refractivity contribution < 1.29 is 88.8 Å². The minimum Gasteiger partial charge on any atom is -0.857 e. The van der Waals surface area contributed by atoms with Crippen LogP contribution in [0.4, 0.5) is 0 Å². The van der Waals surface area contributed by atoms with Crippen LogP contribution in [0, 0.1) is 0 Å². The Morgan fingerprint density at radius 1 is 1.19 bits per heavy atom. The molecule has 3 aromatic rings. The van der Waals surface area contributed by atoms with Crippen molar-refractivity contribution in [3.63, 3.8) is 0 Å². The van der Waals surface area contributed by atoms with Gasteiger partial charge in [-0.15, -0.1) is 11.3 Å². The van der Waals surface area contributed by atoms with Crippen LogP contribution in [0.15, 0.2) is 29.8 Å². The first-order valence-electron chi connectivity index (χ1n) is 8.08. The van der Waals surface area contributed by atoms with Crippen LogP contribution in [0.2, 0.25) is 5.02 Å². The van der Waals surface area contributed by atoms with Crippen molar-refractivity contribution in [1.29, 1.82) is 0 Å². The molecule has 0 amide bonds. The average molecular weight is 487 g/mol. The summed E-state index contributed by atoms with van der Waals surface area (Å²) < 4.78 is 1.56. The van der Waals surface area contributed by atoms with Gasteiger partial charge in [0.25, 0.3) is 0 Å². The van der Waals surface area contributed by atoms with Crippen molar-refractivity contribution in [3.05, 3.63) is 51.1 Å². The van der Waals surface area contributed by atoms with E-state index in [2.05, 4.69) is 4.98 Å². The van der Waals surface area contributed by atoms with Gasteiger partial charge in [-0.05, 0) is 18.2 Å². The molecule has 2 aromatic heterocycles. The normalized spacial score (nSPS) is 8.74. The number of rotatable bonds is 5. The maximum absolute atomic E-state index is 12.7. The van der Waals surface area contributed by atoms with E-state index in [1.807, 2.05) is 6.79 Å². The summed E-state index contributed by atoms with van der Waals surface area (Å²) in [6.07, 6.45) is 1.92. The number of aliphatic hydroxyl groups excluding tert-OH is 1. The molecule has 1 N–H and O–H groups in total. The molecule has 0 aliphatic carbocycles. The molecule has 0 spiro atoms. The SMILES string of the molecule is C=O.CCC(=O)c1csc(C(=O)c2cn(CO)c3ccc(Cl)cc23)n1.C[O-].C[O-].[Na+].[Na+]. The number of ketones is 2. The van der Waals surface area contributed by atoms with E-state index in [9.17, 15) is 14.7 Å². The third-order valence-electron chi connectivity index (χ3n) is 3.55. The van der Waals surface area contributed by atoms with Gasteiger partial charge in [0.15, 0.2) is 10.8 Å². The van der Waals surface area contributed by atoms with Crippen molar-refractivity contribution in [2.24, 2.45) is 0 Å². The van der Waals surface area contributed by atoms with Gasteiger partial charge in [0.2, 0.25) is 5.78 Å². The van der Waals surface area contributed by atoms with Gasteiger partial charge >= 0.3 is 59.1 Å². The zero-order chi connectivity index (χ0) is 22.6. The van der Waals surface area contributed by atoms with E-state index in [1.165, 1.54) is 0 Å². The summed E-state index contributed by atoms with van der Waals surface area (Å²) in [5.74, 6) is -0.384. The fourth-order valence-electron chi connectivity index (χ4n) is 2.37. The monoisotopic (exact) mass is 486 g/mol. The van der Waals surface area contributed by atoms with Crippen LogP contribution < -0.4 is 69.3 Å². The second-order valence-electron chi connectivity index (χ2n) is 4.96. The Morgan fingerprint density at radius 3 is 2.29 bits per heavy atom. The summed E-state index contributed by atoms with van der Waals surface area (Å²) in [5.41, 5.74) is 1.42. The molecule has 3 rings (SSSR count). The van der Waals surface area contributed by atoms with E-state index in [1.54, 1.807) is 41.3 Å². The number of nitrogens with zero attached hydrogens (tertiary/aromatic N) is 2. The van der Waals surface area contributed by atoms with Crippen LogP contribution in [0.5, 0.6) is 0 Å². The van der Waals surface area contributed by atoms with E-state index in [-0.39, 0.29) is 82.4 Å². The van der Waals surface area contributed by atoms with Gasteiger partial charge in [-0.1, -0.05) is 18.5 Å². The van der Waals surface area contributed by atoms with Crippen molar-refractivity contribution in [2.45, 2.75) is 20.1 Å². The third kappa shape index (κ3) is 9.15. The molecule has 0 atom stereocenters. The molecule has 0 aliphatic heterocycles. The standard InChI is InChI=1S/C16H13ClN2O3S.2CH3O.CH2O.2Na/c1-2-14(21)12-7-23-16(18-12)15(22)11-6-19(8-20)13-4-3-9(17)5-10(11)13;3*1-2;;/h3-7,20H,2,8H2,1H3;2*1H3;1H2;;/q;2*-1;;2*+1. The molecule has 0 radical (unpaired) electrons. The van der Waals surface area contributed by atoms with Gasteiger partial charge in [0.05, 0.1) is 11.1 Å². The second kappa shape index (κ2) is 19.1. The Balaban J connectivity index is -0.000000904. The summed E-state index contributed by atoms with van der Waals surface area (Å²) in [6.45, 7) is 3.50. The first kappa shape index (κ1) is 35.2. The van der Waals surface area contributed by atoms with Gasteiger partial charge in [-0.2, -0.15) is 14.2 Å². The quantitative estimate of drug-likeness (QED) is 0.283. The fraction of sp³-hybridized carbons (Fsp3) is 0.263. The van der Waals surface area contributed by atoms with Gasteiger partial charge in [-0.25, -0.2) is 4.98 Å². The summed E-state index contributed by atoms with van der Waals surface area (Å²) in [7, 11) is 1.50. The summed E-state index contributed by atoms with van der Waals surface area (Å²) in [4.78, 5) is 36.5. The van der Waals surface area contributed by atoms with E-state index in [0.29, 0.717) is 33.6 Å². The third-order valence-corrected chi connectivity index (χ3v) is 4.62. The van der Waals surface area contributed by atoms with Crippen molar-refractivity contribution in [3.8, 4) is 0 Å². The van der Waals surface area contributed by atoms with Crippen LogP contribution in [0.25, 0.3) is 10.9 Å². The van der Waals surface area contributed by atoms with Gasteiger partial charge in [0.1, 0.15) is 19.2 Å². The molecule has 158 valence electrons. The van der Waals surface area contributed by atoms with Crippen molar-refractivity contribution in [1.82, 2.24) is 9.55 Å². The Labute approximate surface area is 233 Å². The predicted molar refractivity (Wildman–Crippen MR) is 108 cm³/mol. The number of benzene rings is 1. The second-order valence-corrected chi connectivity index (χ2v) is 6.25. The van der Waals surface area contributed by atoms with Crippen LogP contribution in [0.3, 0.4) is 0 Å². The number of aliphatic hydroxyl groups is 1. The van der Waals surface area contributed by atoms with E-state index < -0.39 is 0 Å². The molecule has 0 aliphatic rings. The largest absolute Gasteiger partial charge is 1.00 e. The van der Waals surface area contributed by atoms with Gasteiger partial charge < -0.3 is 24.7 Å². The van der Waals surface area contributed by atoms with E-state index in [0.717, 1.165) is 25.6 Å². The molecule has 0 unspecified atom stereocenters. The molecule has 0 fully saturated rings. The van der Waals surface area contributed by atoms with Gasteiger partial charge in [0, 0.05) is 28.4 Å². The zero-order valence-corrected chi connectivity index (χ0v) is 23.7. The first-order chi connectivity index (χ1) is 14.0. The number of Topliss-reactive ketones (excluding diaryl/α,β-unsaturated/α-hetero) is 1. The number of halogens is 1. The minimum absolute atomic E-state index is 0. The molecule has 0 saturated carbocycles. The summed E-state index contributed by atoms with van der Waals surface area (Å²) in [6, 6.07) is 5.13. The Morgan fingerprint density at radius 2 is 1.77 bits per heavy atom. The van der Waals surface area contributed by atoms with Crippen molar-refractivity contribution >= 4 is 52.2 Å². The number of aromatic nitrogens is 2. The number of hydrogen-bond acceptors (Lipinski definition) is 8. The maximum atomic E-state index is 12.7. The Hall–Kier alpha value is -0.430. The number of carbonyl (C=O) groups is 3. The molecular weight excluding hydrogens is 466 g/mol. The number of thiazole rings is 1. The van der Waals surface area contributed by atoms with Gasteiger partial charge in [-0.3, -0.25) is 9.59 Å². The topological polar surface area (TPSA) is 135 Å². The smallest absolute Gasteiger partial charge is 0.857 e. The van der Waals surface area contributed by atoms with E-state index in [4.69, 9.17) is 26.6 Å². The summed E-state index contributed by atoms with van der Waals surface area (Å²) in [5, 5.41) is 28.9. The number of hydrogen-bond donors (Lipinski definition) is 1. The number of fused-ring (bicyclic) bond motifs is 1. The van der Waals surface area contributed by atoms with Crippen LogP contribution >= 0.6 is 22.9 Å². The first-order valence-corrected chi connectivity index (χ1v) is 9.34. The van der Waals surface area contributed by atoms with Crippen molar-refractivity contribution in [2.75, 3.05) is 14.2 Å². The molecule has 12 heteroatoms. The minimum atomic E-state index is -0.287. The van der Waals surface area contributed by atoms with E-state index >= 15 is 0 Å². The Kier molecular flexibility index (Phi) is 21.6. The average Bonchev–Trinajstić information content (AvgIpc) is 3.42. The van der Waals surface area contributed by atoms with Crippen LogP contribution in [-0.2, 0) is 11.5 Å². The molecule has 0 saturated heterocycles. The van der Waals surface area contributed by atoms with Crippen LogP contribution in [-0.4, -0.2) is 47.2 Å². The molecule has 0 bridgehead atoms. The Bertz CT molecular complexity index is 949. The molecule has 31 heavy (non-hydrogen) atoms. The maximum Gasteiger partial charge on any atom is 1.00 e. The number of carbonyl (C=O) groups excluding carboxylic acids is 3. The zero-order valence-electron chi connectivity index (χ0n) is 18.2. The molecule has 1 aromatic carbocycles. The predicted octanol–water partition coefficient (Wildman–Crippen LogP) is -4.70. The molecule has 2 heterocycles. The summed E-state index contributed by atoms with van der Waals surface area (Å²) >= 11 is 7.16. The molecular formula is C19H21ClN2Na2O6S.